The number of rotatable bonds is 3. The molecule has 0 aliphatic heterocycles. The van der Waals surface area contributed by atoms with E-state index in [0.29, 0.717) is 11.2 Å². The van der Waals surface area contributed by atoms with Crippen molar-refractivity contribution in [1.82, 2.24) is 23.9 Å². The number of imidazole rings is 2. The lowest BCUT2D eigenvalue weighted by Gasteiger charge is -2.05. The van der Waals surface area contributed by atoms with E-state index < -0.39 is 21.7 Å². The van der Waals surface area contributed by atoms with Crippen LogP contribution in [0.4, 0.5) is 13.2 Å². The SMILES string of the molecule is CCS(=O)(=O)c1c(-c2nc3cc(C(F)(F)F)ncc3n2C)nc2ccccn12. The summed E-state index contributed by atoms with van der Waals surface area (Å²) in [6, 6.07) is 5.86. The molecular formula is C17H14F3N5O2S. The van der Waals surface area contributed by atoms with Gasteiger partial charge < -0.3 is 4.57 Å². The molecular weight excluding hydrogens is 395 g/mol. The third-order valence-electron chi connectivity index (χ3n) is 4.43. The molecule has 0 radical (unpaired) electrons. The summed E-state index contributed by atoms with van der Waals surface area (Å²) in [5.74, 6) is -0.0151. The second-order valence-corrected chi connectivity index (χ2v) is 8.34. The molecule has 11 heteroatoms. The number of pyridine rings is 2. The fraction of sp³-hybridized carbons (Fsp3) is 0.235. The van der Waals surface area contributed by atoms with Gasteiger partial charge in [-0.2, -0.15) is 13.2 Å². The van der Waals surface area contributed by atoms with Gasteiger partial charge in [0.15, 0.2) is 20.7 Å². The summed E-state index contributed by atoms with van der Waals surface area (Å²) in [4.78, 5) is 12.1. The van der Waals surface area contributed by atoms with Gasteiger partial charge in [0.1, 0.15) is 17.0 Å². The van der Waals surface area contributed by atoms with Crippen LogP contribution in [0.25, 0.3) is 28.2 Å². The lowest BCUT2D eigenvalue weighted by molar-refractivity contribution is -0.141. The number of alkyl halides is 3. The second-order valence-electron chi connectivity index (χ2n) is 6.15. The number of aromatic nitrogens is 5. The van der Waals surface area contributed by atoms with Crippen molar-refractivity contribution in [3.63, 3.8) is 0 Å². The molecule has 28 heavy (non-hydrogen) atoms. The Bertz CT molecular complexity index is 1320. The maximum absolute atomic E-state index is 13.0. The molecule has 4 heterocycles. The average Bonchev–Trinajstić information content (AvgIpc) is 3.19. The molecule has 0 fully saturated rings. The van der Waals surface area contributed by atoms with Gasteiger partial charge in [-0.25, -0.2) is 23.4 Å². The molecule has 4 aromatic heterocycles. The Labute approximate surface area is 157 Å². The molecule has 0 spiro atoms. The van der Waals surface area contributed by atoms with E-state index in [0.717, 1.165) is 12.3 Å². The van der Waals surface area contributed by atoms with Gasteiger partial charge in [-0.05, 0) is 18.2 Å². The van der Waals surface area contributed by atoms with Crippen LogP contribution in [0.3, 0.4) is 0 Å². The van der Waals surface area contributed by atoms with Gasteiger partial charge in [-0.15, -0.1) is 0 Å². The first-order valence-corrected chi connectivity index (χ1v) is 9.88. The molecule has 7 nitrogen and oxygen atoms in total. The van der Waals surface area contributed by atoms with E-state index in [2.05, 4.69) is 15.0 Å². The summed E-state index contributed by atoms with van der Waals surface area (Å²) in [7, 11) is -2.12. The highest BCUT2D eigenvalue weighted by atomic mass is 32.2. The van der Waals surface area contributed by atoms with Crippen molar-refractivity contribution in [2.24, 2.45) is 7.05 Å². The average molecular weight is 409 g/mol. The predicted molar refractivity (Wildman–Crippen MR) is 95.4 cm³/mol. The van der Waals surface area contributed by atoms with Crippen molar-refractivity contribution in [3.05, 3.63) is 42.4 Å². The molecule has 0 aliphatic rings. The van der Waals surface area contributed by atoms with Crippen LogP contribution in [0.1, 0.15) is 12.6 Å². The van der Waals surface area contributed by atoms with Gasteiger partial charge >= 0.3 is 6.18 Å². The first-order valence-electron chi connectivity index (χ1n) is 8.23. The van der Waals surface area contributed by atoms with Gasteiger partial charge in [0, 0.05) is 13.2 Å². The van der Waals surface area contributed by atoms with Gasteiger partial charge in [0.25, 0.3) is 0 Å². The maximum Gasteiger partial charge on any atom is 0.433 e. The minimum Gasteiger partial charge on any atom is -0.324 e. The fourth-order valence-corrected chi connectivity index (χ4v) is 4.17. The van der Waals surface area contributed by atoms with Crippen molar-refractivity contribution in [3.8, 4) is 11.5 Å². The molecule has 0 amide bonds. The third kappa shape index (κ3) is 2.73. The highest BCUT2D eigenvalue weighted by Gasteiger charge is 2.33. The minimum atomic E-state index is -4.61. The third-order valence-corrected chi connectivity index (χ3v) is 6.17. The first-order chi connectivity index (χ1) is 13.1. The number of fused-ring (bicyclic) bond motifs is 2. The highest BCUT2D eigenvalue weighted by Crippen LogP contribution is 2.33. The van der Waals surface area contributed by atoms with E-state index >= 15 is 0 Å². The van der Waals surface area contributed by atoms with E-state index in [9.17, 15) is 21.6 Å². The smallest absolute Gasteiger partial charge is 0.324 e. The normalized spacial score (nSPS) is 12.9. The van der Waals surface area contributed by atoms with Crippen molar-refractivity contribution in [2.75, 3.05) is 5.75 Å². The number of halogens is 3. The Morgan fingerprint density at radius 3 is 2.61 bits per heavy atom. The summed E-state index contributed by atoms with van der Waals surface area (Å²) in [5.41, 5.74) is -0.205. The molecule has 0 atom stereocenters. The highest BCUT2D eigenvalue weighted by molar-refractivity contribution is 7.91. The summed E-state index contributed by atoms with van der Waals surface area (Å²) < 4.78 is 67.2. The van der Waals surface area contributed by atoms with Crippen LogP contribution in [0.2, 0.25) is 0 Å². The molecule has 0 N–H and O–H groups in total. The standard InChI is InChI=1S/C17H14F3N5O2S/c1-3-28(26,27)16-14(23-13-6-4-5-7-25(13)16)15-22-10-8-12(17(18,19)20)21-9-11(10)24(15)2/h4-9H,3H2,1-2H3. The Balaban J connectivity index is 2.04. The number of hydrogen-bond donors (Lipinski definition) is 0. The van der Waals surface area contributed by atoms with Crippen LogP contribution in [0.5, 0.6) is 0 Å². The van der Waals surface area contributed by atoms with E-state index in [1.165, 1.54) is 15.9 Å². The van der Waals surface area contributed by atoms with Crippen molar-refractivity contribution in [2.45, 2.75) is 18.1 Å². The van der Waals surface area contributed by atoms with Gasteiger partial charge in [-0.3, -0.25) is 4.40 Å². The molecule has 0 bridgehead atoms. The summed E-state index contributed by atoms with van der Waals surface area (Å²) in [6.45, 7) is 1.51. The topological polar surface area (TPSA) is 82.1 Å². The van der Waals surface area contributed by atoms with E-state index in [-0.39, 0.29) is 27.8 Å². The van der Waals surface area contributed by atoms with Crippen molar-refractivity contribution in [1.29, 1.82) is 0 Å². The van der Waals surface area contributed by atoms with Crippen LogP contribution < -0.4 is 0 Å². The summed E-state index contributed by atoms with van der Waals surface area (Å²) >= 11 is 0. The molecule has 4 aromatic rings. The van der Waals surface area contributed by atoms with E-state index in [1.54, 1.807) is 31.4 Å². The Morgan fingerprint density at radius 1 is 1.18 bits per heavy atom. The Hall–Kier alpha value is -2.95. The lowest BCUT2D eigenvalue weighted by atomic mass is 10.3. The summed E-state index contributed by atoms with van der Waals surface area (Å²) in [6.07, 6.45) is -1.97. The zero-order chi connectivity index (χ0) is 20.3. The van der Waals surface area contributed by atoms with Gasteiger partial charge in [0.05, 0.1) is 23.0 Å². The number of aryl methyl sites for hydroxylation is 1. The molecule has 4 rings (SSSR count). The molecule has 0 saturated carbocycles. The second kappa shape index (κ2) is 6.03. The quantitative estimate of drug-likeness (QED) is 0.519. The molecule has 146 valence electrons. The molecule has 0 aromatic carbocycles. The maximum atomic E-state index is 13.0. The van der Waals surface area contributed by atoms with Crippen LogP contribution in [0, 0.1) is 0 Å². The predicted octanol–water partition coefficient (Wildman–Crippen LogP) is 3.10. The first kappa shape index (κ1) is 18.4. The van der Waals surface area contributed by atoms with Crippen molar-refractivity contribution >= 4 is 26.5 Å². The monoisotopic (exact) mass is 409 g/mol. The van der Waals surface area contributed by atoms with Crippen LogP contribution in [-0.2, 0) is 23.1 Å². The Morgan fingerprint density at radius 2 is 1.93 bits per heavy atom. The minimum absolute atomic E-state index is 0.0481. The molecule has 0 aliphatic carbocycles. The number of sulfone groups is 1. The lowest BCUT2D eigenvalue weighted by Crippen LogP contribution is -2.09. The van der Waals surface area contributed by atoms with Crippen molar-refractivity contribution < 1.29 is 21.6 Å². The molecule has 0 unspecified atom stereocenters. The Kier molecular flexibility index (Phi) is 3.96. The zero-order valence-corrected chi connectivity index (χ0v) is 15.6. The number of hydrogen-bond acceptors (Lipinski definition) is 5. The van der Waals surface area contributed by atoms with Gasteiger partial charge in [0.2, 0.25) is 0 Å². The largest absolute Gasteiger partial charge is 0.433 e. The zero-order valence-electron chi connectivity index (χ0n) is 14.8. The van der Waals surface area contributed by atoms with Crippen LogP contribution in [0.15, 0.2) is 41.7 Å². The molecule has 0 saturated heterocycles. The van der Waals surface area contributed by atoms with E-state index in [4.69, 9.17) is 0 Å². The number of nitrogens with zero attached hydrogens (tertiary/aromatic N) is 5. The van der Waals surface area contributed by atoms with Crippen LogP contribution in [-0.4, -0.2) is 38.1 Å². The fourth-order valence-electron chi connectivity index (χ4n) is 3.01. The summed E-state index contributed by atoms with van der Waals surface area (Å²) in [5, 5.41) is -0.0481. The van der Waals surface area contributed by atoms with E-state index in [1.807, 2.05) is 0 Å². The van der Waals surface area contributed by atoms with Gasteiger partial charge in [-0.1, -0.05) is 13.0 Å². The van der Waals surface area contributed by atoms with Crippen LogP contribution >= 0.6 is 0 Å².